The highest BCUT2D eigenvalue weighted by Gasteiger charge is 2.41. The molecule has 2 heterocycles. The van der Waals surface area contributed by atoms with Crippen LogP contribution in [-0.4, -0.2) is 26.7 Å². The Bertz CT molecular complexity index is 1360. The molecule has 1 unspecified atom stereocenters. The number of fused-ring (bicyclic) bond motifs is 2. The number of hydrogen-bond acceptors (Lipinski definition) is 3. The summed E-state index contributed by atoms with van der Waals surface area (Å²) < 4.78 is 6.63. The molecule has 0 saturated heterocycles. The fourth-order valence-electron chi connectivity index (χ4n) is 7.11. The van der Waals surface area contributed by atoms with Crippen LogP contribution in [-0.2, 0) is 15.6 Å². The zero-order chi connectivity index (χ0) is 28.5. The van der Waals surface area contributed by atoms with Gasteiger partial charge in [-0.15, -0.1) is 12.4 Å². The smallest absolute Gasteiger partial charge is 0.125 e. The van der Waals surface area contributed by atoms with Crippen molar-refractivity contribution in [3.63, 3.8) is 0 Å². The summed E-state index contributed by atoms with van der Waals surface area (Å²) in [4.78, 5) is 4.80. The van der Waals surface area contributed by atoms with Gasteiger partial charge in [0.1, 0.15) is 5.76 Å². The van der Waals surface area contributed by atoms with Crippen LogP contribution in [0.25, 0.3) is 0 Å². The molecular weight excluding hydrogens is 524 g/mol. The predicted octanol–water partition coefficient (Wildman–Crippen LogP) is 9.64. The molecule has 220 valence electrons. The van der Waals surface area contributed by atoms with Crippen molar-refractivity contribution in [3.05, 3.63) is 107 Å². The molecule has 0 saturated carbocycles. The van der Waals surface area contributed by atoms with Gasteiger partial charge in [0.15, 0.2) is 0 Å². The molecule has 41 heavy (non-hydrogen) atoms. The second-order valence-electron chi connectivity index (χ2n) is 12.9. The number of halogens is 1. The van der Waals surface area contributed by atoms with Crippen LogP contribution in [0.5, 0.6) is 0 Å². The maximum absolute atomic E-state index is 6.63. The fraction of sp³-hybridized carbons (Fsp3) is 0.459. The first-order valence-electron chi connectivity index (χ1n) is 15.3. The number of ether oxygens (including phenoxy) is 1. The maximum atomic E-state index is 6.63. The van der Waals surface area contributed by atoms with Crippen LogP contribution >= 0.6 is 12.4 Å². The number of anilines is 2. The van der Waals surface area contributed by atoms with Crippen molar-refractivity contribution in [3.8, 4) is 0 Å². The zero-order valence-electron chi connectivity index (χ0n) is 26.2. The summed E-state index contributed by atoms with van der Waals surface area (Å²) in [6.07, 6.45) is 16.3. The Morgan fingerprint density at radius 1 is 0.878 bits per heavy atom. The minimum Gasteiger partial charge on any atom is -0.493 e. The summed E-state index contributed by atoms with van der Waals surface area (Å²) in [5.74, 6) is 1.11. The Morgan fingerprint density at radius 3 is 2.24 bits per heavy atom. The number of nitrogens with zero attached hydrogens (tertiary/aromatic N) is 2. The van der Waals surface area contributed by atoms with Gasteiger partial charge in [0.25, 0.3) is 0 Å². The third kappa shape index (κ3) is 5.75. The highest BCUT2D eigenvalue weighted by atomic mass is 35.5. The Labute approximate surface area is 255 Å². The van der Waals surface area contributed by atoms with Gasteiger partial charge in [-0.25, -0.2) is 0 Å². The fourth-order valence-corrected chi connectivity index (χ4v) is 7.11. The number of allylic oxidation sites excluding steroid dienone is 6. The molecule has 0 aromatic heterocycles. The van der Waals surface area contributed by atoms with E-state index in [1.165, 1.54) is 52.2 Å². The first kappa shape index (κ1) is 31.0. The van der Waals surface area contributed by atoms with Crippen LogP contribution in [0.2, 0.25) is 0 Å². The standard InChI is InChI=1S/C37H48N2O.ClH/c1-8-9-14-26-40-35-27(22-24-33-36(2,3)29-18-10-12-20-31(29)38(33)6)16-15-17-28(35)23-25-34-37(4,5)30-19-11-13-21-32(30)39(34)7;/h10-13,18-25,33H,8-9,14-17,26H2,1-7H3;1H. The average molecular weight is 573 g/mol. The van der Waals surface area contributed by atoms with Crippen LogP contribution in [0, 0.1) is 0 Å². The van der Waals surface area contributed by atoms with Crippen molar-refractivity contribution in [2.75, 3.05) is 30.5 Å². The van der Waals surface area contributed by atoms with Gasteiger partial charge in [0.05, 0.1) is 12.6 Å². The molecule has 3 aliphatic rings. The van der Waals surface area contributed by atoms with Gasteiger partial charge in [-0.1, -0.05) is 102 Å². The topological polar surface area (TPSA) is 15.7 Å². The SMILES string of the molecule is CCCCCOC1=C(C=CC2N(C)c3ccccc3C2(C)C)CCCC1=CC=C1N(C)c2ccccc2C1(C)C.Cl. The molecule has 5 rings (SSSR count). The third-order valence-electron chi connectivity index (χ3n) is 9.47. The number of para-hydroxylation sites is 2. The Balaban J connectivity index is 0.00000387. The molecular formula is C37H49ClN2O. The maximum Gasteiger partial charge on any atom is 0.125 e. The normalized spacial score (nSPS) is 22.9. The van der Waals surface area contributed by atoms with Gasteiger partial charge >= 0.3 is 0 Å². The number of benzene rings is 2. The molecule has 3 nitrogen and oxygen atoms in total. The van der Waals surface area contributed by atoms with Crippen LogP contribution in [0.15, 0.2) is 95.4 Å². The molecule has 0 N–H and O–H groups in total. The first-order valence-corrected chi connectivity index (χ1v) is 15.3. The van der Waals surface area contributed by atoms with Gasteiger partial charge in [-0.3, -0.25) is 0 Å². The minimum atomic E-state index is -0.0285. The lowest BCUT2D eigenvalue weighted by Gasteiger charge is -2.30. The second-order valence-corrected chi connectivity index (χ2v) is 12.9. The van der Waals surface area contributed by atoms with Crippen molar-refractivity contribution < 1.29 is 4.74 Å². The van der Waals surface area contributed by atoms with E-state index >= 15 is 0 Å². The van der Waals surface area contributed by atoms with E-state index < -0.39 is 0 Å². The van der Waals surface area contributed by atoms with E-state index in [9.17, 15) is 0 Å². The summed E-state index contributed by atoms with van der Waals surface area (Å²) in [5, 5.41) is 0. The van der Waals surface area contributed by atoms with Gasteiger partial charge in [-0.05, 0) is 66.2 Å². The van der Waals surface area contributed by atoms with Gasteiger partial charge in [0, 0.05) is 42.0 Å². The molecule has 0 radical (unpaired) electrons. The van der Waals surface area contributed by atoms with E-state index in [2.05, 4.69) is 131 Å². The lowest BCUT2D eigenvalue weighted by molar-refractivity contribution is 0.205. The summed E-state index contributed by atoms with van der Waals surface area (Å²) in [7, 11) is 4.43. The lowest BCUT2D eigenvalue weighted by Crippen LogP contribution is -2.37. The number of hydrogen-bond donors (Lipinski definition) is 0. The van der Waals surface area contributed by atoms with Crippen molar-refractivity contribution >= 4 is 23.8 Å². The average Bonchev–Trinajstić information content (AvgIpc) is 3.27. The monoisotopic (exact) mass is 572 g/mol. The molecule has 1 aliphatic carbocycles. The Hall–Kier alpha value is -2.91. The molecule has 2 aromatic carbocycles. The Kier molecular flexibility index (Phi) is 9.49. The first-order chi connectivity index (χ1) is 19.2. The van der Waals surface area contributed by atoms with Crippen molar-refractivity contribution in [1.82, 2.24) is 0 Å². The van der Waals surface area contributed by atoms with Gasteiger partial charge in [0.2, 0.25) is 0 Å². The summed E-state index contributed by atoms with van der Waals surface area (Å²) in [5.41, 5.74) is 9.50. The second kappa shape index (κ2) is 12.5. The molecule has 1 atom stereocenters. The largest absolute Gasteiger partial charge is 0.493 e. The third-order valence-corrected chi connectivity index (χ3v) is 9.47. The van der Waals surface area contributed by atoms with E-state index in [-0.39, 0.29) is 23.2 Å². The molecule has 2 aromatic rings. The Morgan fingerprint density at radius 2 is 1.56 bits per heavy atom. The van der Waals surface area contributed by atoms with E-state index in [4.69, 9.17) is 4.74 Å². The van der Waals surface area contributed by atoms with Gasteiger partial charge < -0.3 is 14.5 Å². The molecule has 4 heteroatoms. The van der Waals surface area contributed by atoms with E-state index in [1.807, 2.05) is 0 Å². The summed E-state index contributed by atoms with van der Waals surface area (Å²) in [6.45, 7) is 12.5. The van der Waals surface area contributed by atoms with Crippen LogP contribution in [0.4, 0.5) is 11.4 Å². The predicted molar refractivity (Wildman–Crippen MR) is 178 cm³/mol. The van der Waals surface area contributed by atoms with E-state index in [1.54, 1.807) is 0 Å². The highest BCUT2D eigenvalue weighted by Crippen LogP contribution is 2.47. The molecule has 0 spiro atoms. The number of rotatable bonds is 8. The molecule has 0 fully saturated rings. The molecule has 0 bridgehead atoms. The molecule has 0 amide bonds. The summed E-state index contributed by atoms with van der Waals surface area (Å²) >= 11 is 0. The summed E-state index contributed by atoms with van der Waals surface area (Å²) in [6, 6.07) is 18.0. The van der Waals surface area contributed by atoms with Crippen LogP contribution in [0.1, 0.15) is 84.3 Å². The number of likely N-dealkylation sites (N-methyl/N-ethyl adjacent to an activating group) is 2. The highest BCUT2D eigenvalue weighted by molar-refractivity contribution is 5.85. The van der Waals surface area contributed by atoms with Gasteiger partial charge in [-0.2, -0.15) is 0 Å². The van der Waals surface area contributed by atoms with Crippen molar-refractivity contribution in [2.24, 2.45) is 0 Å². The van der Waals surface area contributed by atoms with E-state index in [0.29, 0.717) is 6.04 Å². The van der Waals surface area contributed by atoms with Crippen LogP contribution in [0.3, 0.4) is 0 Å². The quantitative estimate of drug-likeness (QED) is 0.293. The lowest BCUT2D eigenvalue weighted by atomic mass is 9.80. The van der Waals surface area contributed by atoms with Crippen molar-refractivity contribution in [1.29, 1.82) is 0 Å². The zero-order valence-corrected chi connectivity index (χ0v) is 27.0. The molecule has 2 aliphatic heterocycles. The van der Waals surface area contributed by atoms with Crippen LogP contribution < -0.4 is 9.80 Å². The number of unbranched alkanes of at least 4 members (excludes halogenated alkanes) is 2. The van der Waals surface area contributed by atoms with E-state index in [0.717, 1.165) is 38.0 Å². The van der Waals surface area contributed by atoms with Crippen molar-refractivity contribution in [2.45, 2.75) is 90.0 Å². The minimum absolute atomic E-state index is 0.